The summed E-state index contributed by atoms with van der Waals surface area (Å²) in [5, 5.41) is 0. The highest BCUT2D eigenvalue weighted by Gasteiger charge is 2.04. The first-order valence-electron chi connectivity index (χ1n) is 3.43. The van der Waals surface area contributed by atoms with Crippen LogP contribution in [0, 0.1) is 0 Å². The van der Waals surface area contributed by atoms with Gasteiger partial charge >= 0.3 is 5.97 Å². The van der Waals surface area contributed by atoms with Crippen molar-refractivity contribution in [1.29, 1.82) is 0 Å². The molecule has 0 aromatic heterocycles. The maximum Gasteiger partial charge on any atom is 0.337 e. The summed E-state index contributed by atoms with van der Waals surface area (Å²) in [5.74, 6) is -0.376. The smallest absolute Gasteiger partial charge is 0.337 e. The van der Waals surface area contributed by atoms with Crippen LogP contribution in [0.4, 0.5) is 0 Å². The zero-order valence-corrected chi connectivity index (χ0v) is 6.70. The van der Waals surface area contributed by atoms with Crippen molar-refractivity contribution < 1.29 is 9.53 Å². The second kappa shape index (κ2) is 3.60. The number of hydrogen-bond acceptors (Lipinski definition) is 3. The summed E-state index contributed by atoms with van der Waals surface area (Å²) in [7, 11) is 1.34. The lowest BCUT2D eigenvalue weighted by atomic mass is 10.2. The van der Waals surface area contributed by atoms with Gasteiger partial charge in [0.15, 0.2) is 0 Å². The van der Waals surface area contributed by atoms with E-state index in [2.05, 4.69) is 10.5 Å². The maximum atomic E-state index is 11.0. The summed E-state index contributed by atoms with van der Waals surface area (Å²) in [4.78, 5) is 11.0. The van der Waals surface area contributed by atoms with E-state index < -0.39 is 0 Å². The van der Waals surface area contributed by atoms with Gasteiger partial charge in [-0.3, -0.25) is 0 Å². The van der Waals surface area contributed by atoms with Gasteiger partial charge in [0.2, 0.25) is 0 Å². The standard InChI is InChI=1S/C9H9NO2/c1-12-9(11)7-3-2-4-8(10)6-5-7/h2-3,5-6H,10H2,1H3. The van der Waals surface area contributed by atoms with Crippen molar-refractivity contribution in [1.82, 2.24) is 0 Å². The molecule has 0 aromatic carbocycles. The summed E-state index contributed by atoms with van der Waals surface area (Å²) in [5.41, 5.74) is 9.15. The van der Waals surface area contributed by atoms with Crippen molar-refractivity contribution in [2.24, 2.45) is 5.73 Å². The predicted molar refractivity (Wildman–Crippen MR) is 45.0 cm³/mol. The predicted octanol–water partition coefficient (Wildman–Crippen LogP) is 0.653. The monoisotopic (exact) mass is 163 g/mol. The van der Waals surface area contributed by atoms with Gasteiger partial charge in [-0.25, -0.2) is 4.79 Å². The van der Waals surface area contributed by atoms with Gasteiger partial charge < -0.3 is 10.5 Å². The number of esters is 1. The van der Waals surface area contributed by atoms with Crippen molar-refractivity contribution >= 4 is 5.97 Å². The lowest BCUT2D eigenvalue weighted by Crippen LogP contribution is -2.02. The minimum absolute atomic E-state index is 0.376. The van der Waals surface area contributed by atoms with Crippen LogP contribution in [0.3, 0.4) is 0 Å². The number of nitrogens with two attached hydrogens (primary N) is 1. The summed E-state index contributed by atoms with van der Waals surface area (Å²) >= 11 is 0. The molecule has 0 aromatic rings. The molecule has 0 heterocycles. The summed E-state index contributed by atoms with van der Waals surface area (Å²) in [6.45, 7) is 0. The number of rotatable bonds is 1. The van der Waals surface area contributed by atoms with E-state index in [1.54, 1.807) is 24.3 Å². The van der Waals surface area contributed by atoms with Crippen molar-refractivity contribution in [3.05, 3.63) is 41.3 Å². The van der Waals surface area contributed by atoms with Crippen LogP contribution in [-0.4, -0.2) is 13.1 Å². The van der Waals surface area contributed by atoms with Crippen LogP contribution in [0.25, 0.3) is 0 Å². The SMILES string of the molecule is COC(=O)C1=CC=C=C(N)C=C1. The van der Waals surface area contributed by atoms with Gasteiger partial charge in [-0.05, 0) is 24.3 Å². The van der Waals surface area contributed by atoms with Crippen molar-refractivity contribution in [3.8, 4) is 0 Å². The molecule has 1 aliphatic rings. The number of carbonyl (C=O) groups is 1. The number of methoxy groups -OCH3 is 1. The molecule has 0 unspecified atom stereocenters. The first-order chi connectivity index (χ1) is 5.74. The molecule has 0 atom stereocenters. The molecule has 12 heavy (non-hydrogen) atoms. The Balaban J connectivity index is 2.88. The first-order valence-corrected chi connectivity index (χ1v) is 3.43. The Morgan fingerprint density at radius 1 is 1.58 bits per heavy atom. The van der Waals surface area contributed by atoms with E-state index in [1.165, 1.54) is 7.11 Å². The van der Waals surface area contributed by atoms with Gasteiger partial charge in [0.05, 0.1) is 18.4 Å². The van der Waals surface area contributed by atoms with Crippen LogP contribution in [0.2, 0.25) is 0 Å². The van der Waals surface area contributed by atoms with Crippen LogP contribution in [0.5, 0.6) is 0 Å². The fourth-order valence-corrected chi connectivity index (χ4v) is 0.765. The molecule has 2 N–H and O–H groups in total. The highest BCUT2D eigenvalue weighted by Crippen LogP contribution is 2.04. The normalized spacial score (nSPS) is 14.8. The van der Waals surface area contributed by atoms with Crippen LogP contribution < -0.4 is 5.73 Å². The third-order valence-corrected chi connectivity index (χ3v) is 1.38. The molecule has 0 amide bonds. The van der Waals surface area contributed by atoms with Gasteiger partial charge in [-0.15, -0.1) is 0 Å². The van der Waals surface area contributed by atoms with E-state index in [0.717, 1.165) is 0 Å². The molecule has 0 saturated carbocycles. The molecular formula is C9H9NO2. The quantitative estimate of drug-likeness (QED) is 0.456. The van der Waals surface area contributed by atoms with Gasteiger partial charge in [-0.2, -0.15) is 0 Å². The Labute approximate surface area is 70.5 Å². The molecule has 3 nitrogen and oxygen atoms in total. The van der Waals surface area contributed by atoms with Gasteiger partial charge in [0.1, 0.15) is 0 Å². The average molecular weight is 163 g/mol. The first kappa shape index (κ1) is 8.37. The summed E-state index contributed by atoms with van der Waals surface area (Å²) in [6, 6.07) is 0. The van der Waals surface area contributed by atoms with Crippen molar-refractivity contribution in [2.45, 2.75) is 0 Å². The average Bonchev–Trinajstić information content (AvgIpc) is 2.29. The van der Waals surface area contributed by atoms with Gasteiger partial charge in [0, 0.05) is 0 Å². The number of hydrogen-bond donors (Lipinski definition) is 1. The van der Waals surface area contributed by atoms with E-state index in [-0.39, 0.29) is 5.97 Å². The molecule has 0 fully saturated rings. The van der Waals surface area contributed by atoms with Gasteiger partial charge in [-0.1, -0.05) is 5.73 Å². The topological polar surface area (TPSA) is 52.3 Å². The lowest BCUT2D eigenvalue weighted by molar-refractivity contribution is -0.135. The molecule has 0 saturated heterocycles. The second-order valence-electron chi connectivity index (χ2n) is 2.21. The van der Waals surface area contributed by atoms with Crippen molar-refractivity contribution in [3.63, 3.8) is 0 Å². The van der Waals surface area contributed by atoms with E-state index in [0.29, 0.717) is 11.3 Å². The highest BCUT2D eigenvalue weighted by molar-refractivity contribution is 5.92. The zero-order valence-electron chi connectivity index (χ0n) is 6.70. The fraction of sp³-hybridized carbons (Fsp3) is 0.111. The van der Waals surface area contributed by atoms with Crippen LogP contribution in [-0.2, 0) is 9.53 Å². The van der Waals surface area contributed by atoms with Gasteiger partial charge in [0.25, 0.3) is 0 Å². The number of carbonyl (C=O) groups excluding carboxylic acids is 1. The van der Waals surface area contributed by atoms with Crippen LogP contribution in [0.1, 0.15) is 0 Å². The molecule has 1 rings (SSSR count). The fourth-order valence-electron chi connectivity index (χ4n) is 0.765. The van der Waals surface area contributed by atoms with E-state index >= 15 is 0 Å². The van der Waals surface area contributed by atoms with E-state index in [4.69, 9.17) is 5.73 Å². The number of allylic oxidation sites excluding steroid dienone is 2. The minimum atomic E-state index is -0.376. The molecule has 1 aliphatic carbocycles. The largest absolute Gasteiger partial charge is 0.465 e. The van der Waals surface area contributed by atoms with E-state index in [9.17, 15) is 4.79 Å². The van der Waals surface area contributed by atoms with Crippen LogP contribution >= 0.6 is 0 Å². The molecule has 62 valence electrons. The summed E-state index contributed by atoms with van der Waals surface area (Å²) in [6.07, 6.45) is 6.38. The third kappa shape index (κ3) is 1.87. The Morgan fingerprint density at radius 2 is 2.33 bits per heavy atom. The molecule has 0 bridgehead atoms. The van der Waals surface area contributed by atoms with E-state index in [1.807, 2.05) is 0 Å². The molecular weight excluding hydrogens is 154 g/mol. The third-order valence-electron chi connectivity index (χ3n) is 1.38. The Hall–Kier alpha value is -1.73. The van der Waals surface area contributed by atoms with Crippen LogP contribution in [0.15, 0.2) is 41.3 Å². The molecule has 3 heteroatoms. The highest BCUT2D eigenvalue weighted by atomic mass is 16.5. The minimum Gasteiger partial charge on any atom is -0.465 e. The summed E-state index contributed by atoms with van der Waals surface area (Å²) < 4.78 is 4.52. The Morgan fingerprint density at radius 3 is 3.00 bits per heavy atom. The maximum absolute atomic E-state index is 11.0. The Bertz CT molecular complexity index is 317. The zero-order chi connectivity index (χ0) is 8.97. The Kier molecular flexibility index (Phi) is 2.51. The molecule has 0 aliphatic heterocycles. The van der Waals surface area contributed by atoms with Crippen molar-refractivity contribution in [2.75, 3.05) is 7.11 Å². The number of ether oxygens (including phenoxy) is 1. The second-order valence-corrected chi connectivity index (χ2v) is 2.21. The lowest BCUT2D eigenvalue weighted by Gasteiger charge is -1.96. The molecule has 0 radical (unpaired) electrons. The molecule has 0 spiro atoms.